The molecule has 2 heterocycles. The minimum atomic E-state index is -0.342. The molecular formula is C21H17FN4O2. The zero-order valence-corrected chi connectivity index (χ0v) is 15.3. The number of pyridine rings is 1. The van der Waals surface area contributed by atoms with Crippen LogP contribution in [-0.4, -0.2) is 28.2 Å². The third kappa shape index (κ3) is 3.42. The molecule has 0 saturated heterocycles. The van der Waals surface area contributed by atoms with Crippen LogP contribution in [0.15, 0.2) is 54.6 Å². The lowest BCUT2D eigenvalue weighted by Crippen LogP contribution is -2.14. The first-order chi connectivity index (χ1) is 13.5. The fourth-order valence-electron chi connectivity index (χ4n) is 2.98. The van der Waals surface area contributed by atoms with Crippen molar-refractivity contribution in [1.82, 2.24) is 15.2 Å². The number of benzene rings is 2. The molecule has 0 aliphatic carbocycles. The maximum absolute atomic E-state index is 13.4. The van der Waals surface area contributed by atoms with Crippen LogP contribution >= 0.6 is 0 Å². The Kier molecular flexibility index (Phi) is 4.49. The second kappa shape index (κ2) is 7.11. The smallest absolute Gasteiger partial charge is 0.258 e. The van der Waals surface area contributed by atoms with Crippen molar-refractivity contribution in [3.05, 3.63) is 71.7 Å². The van der Waals surface area contributed by atoms with Crippen LogP contribution in [0.1, 0.15) is 16.1 Å². The van der Waals surface area contributed by atoms with Crippen molar-refractivity contribution in [2.24, 2.45) is 0 Å². The third-order valence-corrected chi connectivity index (χ3v) is 4.41. The molecule has 0 bridgehead atoms. The monoisotopic (exact) mass is 376 g/mol. The van der Waals surface area contributed by atoms with E-state index >= 15 is 0 Å². The Morgan fingerprint density at radius 3 is 2.79 bits per heavy atom. The molecule has 0 spiro atoms. The van der Waals surface area contributed by atoms with Gasteiger partial charge in [0.15, 0.2) is 5.82 Å². The number of methoxy groups -OCH3 is 1. The summed E-state index contributed by atoms with van der Waals surface area (Å²) in [4.78, 5) is 17.2. The minimum absolute atomic E-state index is 0.327. The van der Waals surface area contributed by atoms with Crippen molar-refractivity contribution in [3.8, 4) is 17.0 Å². The summed E-state index contributed by atoms with van der Waals surface area (Å²) in [7, 11) is 1.59. The first kappa shape index (κ1) is 17.7. The Labute approximate surface area is 160 Å². The number of amides is 1. The van der Waals surface area contributed by atoms with Crippen LogP contribution in [0.3, 0.4) is 0 Å². The van der Waals surface area contributed by atoms with Crippen molar-refractivity contribution >= 4 is 22.6 Å². The summed E-state index contributed by atoms with van der Waals surface area (Å²) >= 11 is 0. The standard InChI is InChI=1S/C21H17FN4O2/c1-12-17(10-14-9-16(28-2)6-7-18(14)23-12)21(27)24-20-11-19(25-26-20)13-4-3-5-15(22)8-13/h3-11H,1-2H3,(H2,24,25,26,27). The van der Waals surface area contributed by atoms with E-state index in [1.54, 1.807) is 38.3 Å². The largest absolute Gasteiger partial charge is 0.497 e. The summed E-state index contributed by atoms with van der Waals surface area (Å²) < 4.78 is 18.6. The van der Waals surface area contributed by atoms with Crippen LogP contribution < -0.4 is 10.1 Å². The first-order valence-electron chi connectivity index (χ1n) is 8.61. The molecular weight excluding hydrogens is 359 g/mol. The number of aromatic nitrogens is 3. The van der Waals surface area contributed by atoms with E-state index in [2.05, 4.69) is 20.5 Å². The van der Waals surface area contributed by atoms with Crippen LogP contribution in [0.25, 0.3) is 22.2 Å². The Bertz CT molecular complexity index is 1190. The molecule has 0 fully saturated rings. The van der Waals surface area contributed by atoms with Crippen LogP contribution in [0, 0.1) is 12.7 Å². The molecule has 2 aromatic heterocycles. The van der Waals surface area contributed by atoms with Crippen molar-refractivity contribution < 1.29 is 13.9 Å². The zero-order valence-electron chi connectivity index (χ0n) is 15.3. The van der Waals surface area contributed by atoms with E-state index in [0.717, 1.165) is 10.9 Å². The predicted molar refractivity (Wildman–Crippen MR) is 105 cm³/mol. The summed E-state index contributed by atoms with van der Waals surface area (Å²) in [5.41, 5.74) is 3.08. The van der Waals surface area contributed by atoms with Crippen LogP contribution in [0.5, 0.6) is 5.75 Å². The fraction of sp³-hybridized carbons (Fsp3) is 0.0952. The number of nitrogens with zero attached hydrogens (tertiary/aromatic N) is 2. The van der Waals surface area contributed by atoms with Crippen molar-refractivity contribution in [3.63, 3.8) is 0 Å². The summed E-state index contributed by atoms with van der Waals surface area (Å²) in [6.07, 6.45) is 0. The summed E-state index contributed by atoms with van der Waals surface area (Å²) in [5, 5.41) is 10.4. The van der Waals surface area contributed by atoms with E-state index in [9.17, 15) is 9.18 Å². The number of hydrogen-bond donors (Lipinski definition) is 2. The molecule has 1 amide bonds. The normalized spacial score (nSPS) is 10.8. The first-order valence-corrected chi connectivity index (χ1v) is 8.61. The van der Waals surface area contributed by atoms with Crippen LogP contribution in [0.4, 0.5) is 10.2 Å². The van der Waals surface area contributed by atoms with Crippen molar-refractivity contribution in [1.29, 1.82) is 0 Å². The lowest BCUT2D eigenvalue weighted by atomic mass is 10.1. The molecule has 0 radical (unpaired) electrons. The van der Waals surface area contributed by atoms with Gasteiger partial charge < -0.3 is 10.1 Å². The van der Waals surface area contributed by atoms with Gasteiger partial charge in [-0.2, -0.15) is 5.10 Å². The molecule has 6 nitrogen and oxygen atoms in total. The van der Waals surface area contributed by atoms with Gasteiger partial charge in [-0.1, -0.05) is 12.1 Å². The molecule has 7 heteroatoms. The zero-order chi connectivity index (χ0) is 19.7. The number of carbonyl (C=O) groups is 1. The summed E-state index contributed by atoms with van der Waals surface area (Å²) in [6, 6.07) is 15.1. The average Bonchev–Trinajstić information content (AvgIpc) is 3.15. The maximum Gasteiger partial charge on any atom is 0.258 e. The van der Waals surface area contributed by atoms with Gasteiger partial charge in [-0.25, -0.2) is 4.39 Å². The van der Waals surface area contributed by atoms with Gasteiger partial charge in [0.25, 0.3) is 5.91 Å². The number of aryl methyl sites for hydroxylation is 1. The molecule has 4 rings (SSSR count). The third-order valence-electron chi connectivity index (χ3n) is 4.41. The van der Waals surface area contributed by atoms with Gasteiger partial charge in [-0.05, 0) is 43.3 Å². The Hall–Kier alpha value is -3.74. The maximum atomic E-state index is 13.4. The number of nitrogens with one attached hydrogen (secondary N) is 2. The second-order valence-corrected chi connectivity index (χ2v) is 6.31. The number of aromatic amines is 1. The van der Waals surface area contributed by atoms with E-state index in [1.165, 1.54) is 12.1 Å². The van der Waals surface area contributed by atoms with Crippen molar-refractivity contribution in [2.75, 3.05) is 12.4 Å². The molecule has 0 atom stereocenters. The van der Waals surface area contributed by atoms with E-state index < -0.39 is 0 Å². The van der Waals surface area contributed by atoms with E-state index in [1.807, 2.05) is 18.2 Å². The summed E-state index contributed by atoms with van der Waals surface area (Å²) in [6.45, 7) is 1.78. The number of carbonyl (C=O) groups excluding carboxylic acids is 1. The number of fused-ring (bicyclic) bond motifs is 1. The quantitative estimate of drug-likeness (QED) is 0.555. The molecule has 2 N–H and O–H groups in total. The van der Waals surface area contributed by atoms with Crippen LogP contribution in [-0.2, 0) is 0 Å². The van der Waals surface area contributed by atoms with Crippen LogP contribution in [0.2, 0.25) is 0 Å². The van der Waals surface area contributed by atoms with Gasteiger partial charge in [0.05, 0.1) is 29.6 Å². The highest BCUT2D eigenvalue weighted by molar-refractivity contribution is 6.06. The number of halogens is 1. The minimum Gasteiger partial charge on any atom is -0.497 e. The lowest BCUT2D eigenvalue weighted by molar-refractivity contribution is 0.102. The number of H-pyrrole nitrogens is 1. The summed E-state index contributed by atoms with van der Waals surface area (Å²) in [5.74, 6) is 0.365. The Morgan fingerprint density at radius 1 is 1.14 bits per heavy atom. The molecule has 0 unspecified atom stereocenters. The van der Waals surface area contributed by atoms with Gasteiger partial charge in [-0.15, -0.1) is 0 Å². The van der Waals surface area contributed by atoms with E-state index in [-0.39, 0.29) is 11.7 Å². The predicted octanol–water partition coefficient (Wildman–Crippen LogP) is 4.33. The molecule has 28 heavy (non-hydrogen) atoms. The van der Waals surface area contributed by atoms with E-state index in [4.69, 9.17) is 4.74 Å². The molecule has 2 aromatic carbocycles. The van der Waals surface area contributed by atoms with Crippen molar-refractivity contribution in [2.45, 2.75) is 6.92 Å². The Balaban J connectivity index is 1.61. The van der Waals surface area contributed by atoms with Gasteiger partial charge >= 0.3 is 0 Å². The highest BCUT2D eigenvalue weighted by Gasteiger charge is 2.14. The molecule has 4 aromatic rings. The van der Waals surface area contributed by atoms with Gasteiger partial charge in [0, 0.05) is 17.0 Å². The molecule has 0 aliphatic rings. The molecule has 140 valence electrons. The number of ether oxygens (including phenoxy) is 1. The molecule has 0 saturated carbocycles. The van der Waals surface area contributed by atoms with Gasteiger partial charge in [-0.3, -0.25) is 14.9 Å². The highest BCUT2D eigenvalue weighted by Crippen LogP contribution is 2.24. The number of rotatable bonds is 4. The SMILES string of the molecule is COc1ccc2nc(C)c(C(=O)Nc3cc(-c4cccc(F)c4)[nH]n3)cc2c1. The van der Waals surface area contributed by atoms with Gasteiger partial charge in [0.2, 0.25) is 0 Å². The highest BCUT2D eigenvalue weighted by atomic mass is 19.1. The number of hydrogen-bond acceptors (Lipinski definition) is 4. The molecule has 0 aliphatic heterocycles. The fourth-order valence-corrected chi connectivity index (χ4v) is 2.98. The van der Waals surface area contributed by atoms with E-state index in [0.29, 0.717) is 34.1 Å². The lowest BCUT2D eigenvalue weighted by Gasteiger charge is -2.08. The average molecular weight is 376 g/mol. The number of anilines is 1. The van der Waals surface area contributed by atoms with Gasteiger partial charge in [0.1, 0.15) is 11.6 Å². The second-order valence-electron chi connectivity index (χ2n) is 6.31. The Morgan fingerprint density at radius 2 is 2.00 bits per heavy atom. The topological polar surface area (TPSA) is 79.9 Å².